The first-order valence-corrected chi connectivity index (χ1v) is 7.33. The smallest absolute Gasteiger partial charge is 0.243 e. The molecule has 0 atom stereocenters. The number of benzene rings is 1. The number of rotatable bonds is 6. The Hall–Kier alpha value is -0.760. The first-order valence-electron chi connectivity index (χ1n) is 5.10. The molecule has 1 N–H and O–H groups in total. The highest BCUT2D eigenvalue weighted by atomic mass is 79.9. The molecule has 0 aliphatic heterocycles. The summed E-state index contributed by atoms with van der Waals surface area (Å²) in [6, 6.07) is 3.57. The van der Waals surface area contributed by atoms with Gasteiger partial charge in [0, 0.05) is 13.1 Å². The summed E-state index contributed by atoms with van der Waals surface area (Å²) in [4.78, 5) is -0.154. The molecule has 0 unspecified atom stereocenters. The van der Waals surface area contributed by atoms with Gasteiger partial charge in [-0.1, -0.05) is 6.08 Å². The minimum atomic E-state index is -3.82. The van der Waals surface area contributed by atoms with Crippen LogP contribution in [-0.4, -0.2) is 37.5 Å². The van der Waals surface area contributed by atoms with Gasteiger partial charge in [-0.2, -0.15) is 4.31 Å². The lowest BCUT2D eigenvalue weighted by Gasteiger charge is -2.19. The molecule has 0 spiro atoms. The molecule has 0 aliphatic rings. The van der Waals surface area contributed by atoms with Gasteiger partial charge >= 0.3 is 0 Å². The third kappa shape index (κ3) is 3.38. The van der Waals surface area contributed by atoms with Crippen molar-refractivity contribution < 1.29 is 17.9 Å². The molecular formula is C11H13BrFNO3S. The number of nitrogens with zero attached hydrogens (tertiary/aromatic N) is 1. The zero-order chi connectivity index (χ0) is 13.8. The van der Waals surface area contributed by atoms with Crippen LogP contribution >= 0.6 is 15.9 Å². The van der Waals surface area contributed by atoms with Crippen molar-refractivity contribution in [1.29, 1.82) is 0 Å². The number of halogens is 2. The average molecular weight is 338 g/mol. The summed E-state index contributed by atoms with van der Waals surface area (Å²) < 4.78 is 38.9. The Morgan fingerprint density at radius 3 is 2.67 bits per heavy atom. The third-order valence-corrected chi connectivity index (χ3v) is 4.72. The van der Waals surface area contributed by atoms with Crippen LogP contribution in [0.15, 0.2) is 40.2 Å². The molecule has 0 aromatic heterocycles. The monoisotopic (exact) mass is 337 g/mol. The lowest BCUT2D eigenvalue weighted by Crippen LogP contribution is -2.33. The Bertz CT molecular complexity index is 533. The predicted octanol–water partition coefficient (Wildman–Crippen LogP) is 1.76. The molecule has 0 fully saturated rings. The maximum Gasteiger partial charge on any atom is 0.243 e. The minimum absolute atomic E-state index is 0.0561. The topological polar surface area (TPSA) is 57.6 Å². The van der Waals surface area contributed by atoms with Crippen LogP contribution in [0.4, 0.5) is 4.39 Å². The fourth-order valence-corrected chi connectivity index (χ4v) is 3.01. The highest BCUT2D eigenvalue weighted by Gasteiger charge is 2.23. The van der Waals surface area contributed by atoms with Gasteiger partial charge in [0.25, 0.3) is 0 Å². The Balaban J connectivity index is 3.17. The lowest BCUT2D eigenvalue weighted by atomic mass is 10.3. The predicted molar refractivity (Wildman–Crippen MR) is 70.1 cm³/mol. The van der Waals surface area contributed by atoms with Crippen LogP contribution in [-0.2, 0) is 10.0 Å². The highest BCUT2D eigenvalue weighted by Crippen LogP contribution is 2.21. The lowest BCUT2D eigenvalue weighted by molar-refractivity contribution is 0.260. The normalized spacial score (nSPS) is 11.8. The molecule has 7 heteroatoms. The molecule has 0 aliphatic carbocycles. The largest absolute Gasteiger partial charge is 0.395 e. The van der Waals surface area contributed by atoms with Crippen LogP contribution in [0.5, 0.6) is 0 Å². The SMILES string of the molecule is C=CCN(CCO)S(=O)(=O)c1ccc(Br)c(F)c1. The van der Waals surface area contributed by atoms with E-state index in [0.29, 0.717) is 0 Å². The molecule has 1 aromatic carbocycles. The van der Waals surface area contributed by atoms with Crippen molar-refractivity contribution in [2.75, 3.05) is 19.7 Å². The number of sulfonamides is 1. The number of aliphatic hydroxyl groups excluding tert-OH is 1. The minimum Gasteiger partial charge on any atom is -0.395 e. The van der Waals surface area contributed by atoms with E-state index in [2.05, 4.69) is 22.5 Å². The van der Waals surface area contributed by atoms with Crippen molar-refractivity contribution in [2.45, 2.75) is 4.90 Å². The fraction of sp³-hybridized carbons (Fsp3) is 0.273. The quantitative estimate of drug-likeness (QED) is 0.804. The van der Waals surface area contributed by atoms with E-state index in [-0.39, 0.29) is 29.1 Å². The van der Waals surface area contributed by atoms with E-state index in [1.54, 1.807) is 0 Å². The van der Waals surface area contributed by atoms with Gasteiger partial charge in [0.15, 0.2) is 0 Å². The van der Waals surface area contributed by atoms with Crippen molar-refractivity contribution in [3.05, 3.63) is 41.1 Å². The summed E-state index contributed by atoms with van der Waals surface area (Å²) in [5.74, 6) is -0.654. The van der Waals surface area contributed by atoms with Gasteiger partial charge in [-0.3, -0.25) is 0 Å². The zero-order valence-corrected chi connectivity index (χ0v) is 11.9. The van der Waals surface area contributed by atoms with Gasteiger partial charge in [-0.05, 0) is 34.1 Å². The molecule has 0 bridgehead atoms. The van der Waals surface area contributed by atoms with Crippen LogP contribution in [0.25, 0.3) is 0 Å². The summed E-state index contributed by atoms with van der Waals surface area (Å²) in [5, 5.41) is 8.85. The first kappa shape index (κ1) is 15.3. The maximum atomic E-state index is 13.3. The Kier molecular flexibility index (Phi) is 5.46. The third-order valence-electron chi connectivity index (χ3n) is 2.21. The van der Waals surface area contributed by atoms with Gasteiger partial charge in [0.2, 0.25) is 10.0 Å². The summed E-state index contributed by atoms with van der Waals surface area (Å²) in [7, 11) is -3.82. The summed E-state index contributed by atoms with van der Waals surface area (Å²) >= 11 is 2.96. The summed E-state index contributed by atoms with van der Waals surface area (Å²) in [5.41, 5.74) is 0. The van der Waals surface area contributed by atoms with Crippen molar-refractivity contribution in [2.24, 2.45) is 0 Å². The summed E-state index contributed by atoms with van der Waals surface area (Å²) in [6.45, 7) is 3.13. The van der Waals surface area contributed by atoms with Crippen LogP contribution in [0.3, 0.4) is 0 Å². The number of hydrogen-bond donors (Lipinski definition) is 1. The van der Waals surface area contributed by atoms with Gasteiger partial charge in [0.05, 0.1) is 16.0 Å². The first-order chi connectivity index (χ1) is 8.43. The van der Waals surface area contributed by atoms with Gasteiger partial charge in [-0.25, -0.2) is 12.8 Å². The van der Waals surface area contributed by atoms with Gasteiger partial charge in [-0.15, -0.1) is 6.58 Å². The molecule has 0 saturated heterocycles. The second-order valence-corrected chi connectivity index (χ2v) is 6.24. The van der Waals surface area contributed by atoms with Crippen LogP contribution < -0.4 is 0 Å². The Morgan fingerprint density at radius 1 is 1.50 bits per heavy atom. The van der Waals surface area contributed by atoms with Crippen LogP contribution in [0.2, 0.25) is 0 Å². The number of hydrogen-bond acceptors (Lipinski definition) is 3. The molecule has 0 amide bonds. The van der Waals surface area contributed by atoms with Crippen molar-refractivity contribution in [3.63, 3.8) is 0 Å². The molecule has 4 nitrogen and oxygen atoms in total. The second kappa shape index (κ2) is 6.42. The van der Waals surface area contributed by atoms with E-state index in [4.69, 9.17) is 5.11 Å². The zero-order valence-electron chi connectivity index (χ0n) is 9.51. The van der Waals surface area contributed by atoms with E-state index in [1.165, 1.54) is 18.2 Å². The van der Waals surface area contributed by atoms with Crippen molar-refractivity contribution in [1.82, 2.24) is 4.31 Å². The second-order valence-electron chi connectivity index (χ2n) is 3.45. The fourth-order valence-electron chi connectivity index (χ4n) is 1.35. The summed E-state index contributed by atoms with van der Waals surface area (Å²) in [6.07, 6.45) is 1.41. The molecule has 18 heavy (non-hydrogen) atoms. The molecule has 100 valence electrons. The Labute approximate surface area is 114 Å². The van der Waals surface area contributed by atoms with E-state index in [1.807, 2.05) is 0 Å². The van der Waals surface area contributed by atoms with Crippen LogP contribution in [0.1, 0.15) is 0 Å². The average Bonchev–Trinajstić information content (AvgIpc) is 2.32. The maximum absolute atomic E-state index is 13.3. The van der Waals surface area contributed by atoms with Crippen LogP contribution in [0, 0.1) is 5.82 Å². The van der Waals surface area contributed by atoms with E-state index >= 15 is 0 Å². The molecule has 0 heterocycles. The molecule has 1 rings (SSSR count). The van der Waals surface area contributed by atoms with Gasteiger partial charge < -0.3 is 5.11 Å². The van der Waals surface area contributed by atoms with Crippen molar-refractivity contribution >= 4 is 26.0 Å². The molecule has 0 radical (unpaired) electrons. The van der Waals surface area contributed by atoms with E-state index in [9.17, 15) is 12.8 Å². The molecular weight excluding hydrogens is 325 g/mol. The molecule has 1 aromatic rings. The molecule has 0 saturated carbocycles. The highest BCUT2D eigenvalue weighted by molar-refractivity contribution is 9.10. The van der Waals surface area contributed by atoms with E-state index < -0.39 is 15.8 Å². The van der Waals surface area contributed by atoms with Gasteiger partial charge in [0.1, 0.15) is 5.82 Å². The Morgan fingerprint density at radius 2 is 2.17 bits per heavy atom. The standard InChI is InChI=1S/C11H13BrFNO3S/c1-2-5-14(6-7-15)18(16,17)9-3-4-10(12)11(13)8-9/h2-4,8,15H,1,5-7H2. The van der Waals surface area contributed by atoms with Crippen molar-refractivity contribution in [3.8, 4) is 0 Å². The number of aliphatic hydroxyl groups is 1. The van der Waals surface area contributed by atoms with E-state index in [0.717, 1.165) is 10.4 Å².